The Balaban J connectivity index is 1.18. The highest BCUT2D eigenvalue weighted by molar-refractivity contribution is 7.19. The van der Waals surface area contributed by atoms with E-state index in [0.29, 0.717) is 27.5 Å². The Bertz CT molecular complexity index is 6290. The van der Waals surface area contributed by atoms with Gasteiger partial charge >= 0.3 is 0 Å². The van der Waals surface area contributed by atoms with Crippen LogP contribution in [0.25, 0.3) is 106 Å². The fraction of sp³-hybridized carbons (Fsp3) is 0. The number of rotatable bonds is 9. The van der Waals surface area contributed by atoms with Gasteiger partial charge in [0.25, 0.3) is 0 Å². The molecule has 15 aromatic rings. The summed E-state index contributed by atoms with van der Waals surface area (Å²) in [4.78, 5) is 14.1. The van der Waals surface area contributed by atoms with Crippen molar-refractivity contribution < 1.29 is 42.5 Å². The van der Waals surface area contributed by atoms with Crippen molar-refractivity contribution in [2.45, 2.75) is 0 Å². The molecular formula is C69H46N6Si. The maximum absolute atomic E-state index is 10.7. The monoisotopic (exact) mass is 1020 g/mol. The first kappa shape index (κ1) is 22.7. The Morgan fingerprint density at radius 3 is 1.42 bits per heavy atom. The summed E-state index contributed by atoms with van der Waals surface area (Å²) in [7, 11) is -6.59. The van der Waals surface area contributed by atoms with Gasteiger partial charge in [0.2, 0.25) is 5.95 Å². The molecule has 0 saturated heterocycles. The molecule has 6 nitrogen and oxygen atoms in total. The minimum atomic E-state index is -6.59. The third kappa shape index (κ3) is 6.69. The van der Waals surface area contributed by atoms with Gasteiger partial charge in [-0.25, -0.2) is 4.98 Å². The van der Waals surface area contributed by atoms with E-state index < -0.39 is 267 Å². The van der Waals surface area contributed by atoms with E-state index in [9.17, 15) is 24.7 Å². The molecule has 0 saturated carbocycles. The van der Waals surface area contributed by atoms with Crippen molar-refractivity contribution in [1.82, 2.24) is 28.7 Å². The Kier molecular flexibility index (Phi) is 5.25. The molecule has 0 aliphatic rings. The molecule has 356 valence electrons. The topological polar surface area (TPSA) is 53.5 Å². The molecule has 4 aromatic heterocycles. The number of para-hydroxylation sites is 5. The summed E-state index contributed by atoms with van der Waals surface area (Å²) in [5.41, 5.74) is -0.689. The lowest BCUT2D eigenvalue weighted by Crippen LogP contribution is -2.74. The zero-order valence-electron chi connectivity index (χ0n) is 69.8. The van der Waals surface area contributed by atoms with Crippen LogP contribution >= 0.6 is 0 Å². The lowest BCUT2D eigenvalue weighted by atomic mass is 10.1. The van der Waals surface area contributed by atoms with Crippen LogP contribution in [-0.2, 0) is 0 Å². The summed E-state index contributed by atoms with van der Waals surface area (Å²) in [6.45, 7) is 0. The molecule has 0 atom stereocenters. The smallest absolute Gasteiger partial charge is 0.238 e. The maximum Gasteiger partial charge on any atom is 0.238 e. The van der Waals surface area contributed by atoms with Crippen LogP contribution < -0.4 is 20.7 Å². The largest absolute Gasteiger partial charge is 0.309 e. The zero-order valence-corrected chi connectivity index (χ0v) is 39.8. The average molecular weight is 1020 g/mol. The van der Waals surface area contributed by atoms with Gasteiger partial charge in [-0.2, -0.15) is 9.97 Å². The Hall–Kier alpha value is -9.95. The normalized spacial score (nSPS) is 17.7. The first-order valence-corrected chi connectivity index (χ1v) is 25.3. The number of nitrogens with zero attached hydrogens (tertiary/aromatic N) is 6. The molecule has 0 N–H and O–H groups in total. The molecule has 0 amide bonds. The summed E-state index contributed by atoms with van der Waals surface area (Å²) in [6, 6.07) is -7.40. The van der Waals surface area contributed by atoms with Gasteiger partial charge in [0.05, 0.1) is 81.3 Å². The molecule has 0 unspecified atom stereocenters. The van der Waals surface area contributed by atoms with E-state index in [0.717, 1.165) is 26.4 Å². The fourth-order valence-corrected chi connectivity index (χ4v) is 13.8. The van der Waals surface area contributed by atoms with Crippen LogP contribution in [0.5, 0.6) is 0 Å². The lowest BCUT2D eigenvalue weighted by Gasteiger charge is -2.34. The molecule has 0 aliphatic carbocycles. The van der Waals surface area contributed by atoms with Gasteiger partial charge in [0, 0.05) is 49.1 Å². The Labute approximate surface area is 483 Å². The van der Waals surface area contributed by atoms with E-state index in [4.69, 9.17) is 27.8 Å². The highest BCUT2D eigenvalue weighted by Gasteiger charge is 2.41. The van der Waals surface area contributed by atoms with Crippen molar-refractivity contribution in [3.8, 4) is 40.1 Å². The van der Waals surface area contributed by atoms with Crippen molar-refractivity contribution >= 4 is 94.2 Å². The molecule has 0 aliphatic heterocycles. The van der Waals surface area contributed by atoms with Gasteiger partial charge in [0.1, 0.15) is 0 Å². The van der Waals surface area contributed by atoms with Crippen LogP contribution in [0.15, 0.2) is 278 Å². The van der Waals surface area contributed by atoms with Crippen molar-refractivity contribution in [2.75, 3.05) is 0 Å². The summed E-state index contributed by atoms with van der Waals surface area (Å²) in [5.74, 6) is -3.13. The lowest BCUT2D eigenvalue weighted by molar-refractivity contribution is 0.950. The minimum absolute atomic E-state index is 0.318. The second-order valence-corrected chi connectivity index (χ2v) is 20.7. The first-order valence-electron chi connectivity index (χ1n) is 38.8. The highest BCUT2D eigenvalue weighted by Crippen LogP contribution is 2.41. The number of fused-ring (bicyclic) bond motifs is 9. The van der Waals surface area contributed by atoms with Gasteiger partial charge in [-0.05, 0) is 63.2 Å². The summed E-state index contributed by atoms with van der Waals surface area (Å²) in [5, 5.41) is -2.96. The quantitative estimate of drug-likeness (QED) is 0.107. The second-order valence-electron chi connectivity index (χ2n) is 17.2. The van der Waals surface area contributed by atoms with Gasteiger partial charge in [-0.1, -0.05) is 236 Å². The van der Waals surface area contributed by atoms with E-state index in [1.807, 2.05) is 65.2 Å². The van der Waals surface area contributed by atoms with Crippen LogP contribution in [0, 0.1) is 0 Å². The maximum atomic E-state index is 10.7. The second kappa shape index (κ2) is 17.6. The van der Waals surface area contributed by atoms with E-state index in [1.165, 1.54) is 0 Å². The third-order valence-corrected chi connectivity index (χ3v) is 17.3. The summed E-state index contributed by atoms with van der Waals surface area (Å²) in [6.07, 6.45) is 0. The van der Waals surface area contributed by atoms with Crippen molar-refractivity contribution in [3.63, 3.8) is 0 Å². The van der Waals surface area contributed by atoms with Crippen LogP contribution in [-0.4, -0.2) is 36.7 Å². The standard InChI is InChI=1S/C69H46N6Si/c1-5-23-47(24-6-1)67-70-68(48-25-21-32-53(45-48)76(50-26-7-2-8-27-50,51-28-9-3-10-29-51)52-30-11-4-12-31-52)72-69(71-67)75-63-41-20-16-36-57(63)59-37-22-42-64(66(59)75)74-62-40-19-15-35-56(62)58-44-43-49(46-65(58)74)73-60-38-17-13-33-54(60)55-34-14-18-39-61(55)73/h1-46H/i1D,2D,3D,4D,5D,6D,7D,8D,9D,10D,11D,12D,16D,20D,21D,22D,23D,24D,25D,26D,27D,28D,29D,30D,31D,32D,36D,37D,41D,42D,45D. The van der Waals surface area contributed by atoms with Crippen molar-refractivity contribution in [3.05, 3.63) is 278 Å². The van der Waals surface area contributed by atoms with Gasteiger partial charge in [0.15, 0.2) is 19.7 Å². The van der Waals surface area contributed by atoms with Crippen LogP contribution in [0.3, 0.4) is 0 Å². The molecule has 0 radical (unpaired) electrons. The van der Waals surface area contributed by atoms with E-state index >= 15 is 0 Å². The number of benzene rings is 11. The van der Waals surface area contributed by atoms with E-state index in [-0.39, 0.29) is 5.69 Å². The van der Waals surface area contributed by atoms with Gasteiger partial charge in [-0.15, -0.1) is 0 Å². The molecule has 0 fully saturated rings. The molecule has 7 heteroatoms. The predicted octanol–water partition coefficient (Wildman–Crippen LogP) is 13.9. The molecule has 0 spiro atoms. The van der Waals surface area contributed by atoms with E-state index in [2.05, 4.69) is 4.98 Å². The molecule has 15 rings (SSSR count). The Morgan fingerprint density at radius 1 is 0.329 bits per heavy atom. The number of hydrogen-bond donors (Lipinski definition) is 0. The zero-order chi connectivity index (χ0) is 77.1. The first-order chi connectivity index (χ1) is 50.6. The average Bonchev–Trinajstić information content (AvgIpc) is 1.44. The molecule has 0 bridgehead atoms. The van der Waals surface area contributed by atoms with Crippen molar-refractivity contribution in [1.29, 1.82) is 0 Å². The molecular weight excluding hydrogens is 941 g/mol. The number of hydrogen-bond acceptors (Lipinski definition) is 3. The van der Waals surface area contributed by atoms with Crippen LogP contribution in [0.1, 0.15) is 42.5 Å². The van der Waals surface area contributed by atoms with Crippen molar-refractivity contribution in [2.24, 2.45) is 0 Å². The predicted molar refractivity (Wildman–Crippen MR) is 317 cm³/mol. The highest BCUT2D eigenvalue weighted by atomic mass is 28.3. The van der Waals surface area contributed by atoms with Crippen LogP contribution in [0.2, 0.25) is 0 Å². The fourth-order valence-electron chi connectivity index (χ4n) is 10.2. The van der Waals surface area contributed by atoms with Crippen LogP contribution in [0.4, 0.5) is 0 Å². The SMILES string of the molecule is [2H]c1c([2H])c([2H])c(-c2nc(-c3c([2H])c([2H])c([2H])c([Si](c4c([2H])c([2H])c([2H])c([2H])c4[2H])(c4c([2H])c([2H])c([2H])c([2H])c4[2H])c4c([2H])c([2H])c([2H])c([2H])c4[2H])c3[2H])nc(-n3c4c([2H])c([2H])c([2H])c([2H])c4c4c([2H])c([2H])c([2H])c(-n5c6ccccc6c6ccc(-n7c8ccccc8c8ccccc87)cc65)c43)n2)c([2H])c1[2H]. The minimum Gasteiger partial charge on any atom is -0.309 e. The molecule has 11 aromatic carbocycles. The van der Waals surface area contributed by atoms with Gasteiger partial charge in [-0.3, -0.25) is 4.57 Å². The summed E-state index contributed by atoms with van der Waals surface area (Å²) < 4.78 is 297. The third-order valence-electron chi connectivity index (χ3n) is 13.3. The Morgan fingerprint density at radius 2 is 0.803 bits per heavy atom. The molecule has 76 heavy (non-hydrogen) atoms. The van der Waals surface area contributed by atoms with Gasteiger partial charge < -0.3 is 9.13 Å². The van der Waals surface area contributed by atoms with E-state index in [1.54, 1.807) is 34.9 Å². The summed E-state index contributed by atoms with van der Waals surface area (Å²) >= 11 is 0. The molecule has 4 heterocycles. The number of aromatic nitrogens is 6.